The predicted octanol–water partition coefficient (Wildman–Crippen LogP) is 2.47. The van der Waals surface area contributed by atoms with Crippen LogP contribution in [-0.4, -0.2) is 12.3 Å². The number of hydrogen-bond donors (Lipinski definition) is 1. The van der Waals surface area contributed by atoms with Crippen LogP contribution in [0.15, 0.2) is 18.2 Å². The zero-order valence-electron chi connectivity index (χ0n) is 7.22. The van der Waals surface area contributed by atoms with Gasteiger partial charge < -0.3 is 5.73 Å². The average Bonchev–Trinajstić information content (AvgIpc) is 2.10. The van der Waals surface area contributed by atoms with Crippen LogP contribution >= 0.6 is 35.0 Å². The first-order chi connectivity index (χ1) is 6.25. The second-order valence-corrected chi connectivity index (χ2v) is 4.53. The predicted molar refractivity (Wildman–Crippen MR) is 60.4 cm³/mol. The fourth-order valence-corrected chi connectivity index (χ4v) is 2.50. The van der Waals surface area contributed by atoms with Gasteiger partial charge in [-0.15, -0.1) is 0 Å². The van der Waals surface area contributed by atoms with Crippen molar-refractivity contribution in [2.45, 2.75) is 5.75 Å². The molecule has 0 spiro atoms. The lowest BCUT2D eigenvalue weighted by Crippen LogP contribution is -2.51. The molecule has 0 heterocycles. The molecule has 0 unspecified atom stereocenters. The Morgan fingerprint density at radius 3 is 2.38 bits per heavy atom. The molecule has 0 radical (unpaired) electrons. The highest BCUT2D eigenvalue weighted by molar-refractivity contribution is 7.98. The van der Waals surface area contributed by atoms with Crippen molar-refractivity contribution in [3.05, 3.63) is 33.8 Å². The summed E-state index contributed by atoms with van der Waals surface area (Å²) in [7, 11) is 0. The maximum absolute atomic E-state index is 6.00. The maximum Gasteiger partial charge on any atom is 0.0831 e. The highest BCUT2D eigenvalue weighted by atomic mass is 35.5. The lowest BCUT2D eigenvalue weighted by molar-refractivity contribution is -0.360. The molecule has 0 bridgehead atoms. The van der Waals surface area contributed by atoms with Crippen molar-refractivity contribution in [2.24, 2.45) is 0 Å². The van der Waals surface area contributed by atoms with Gasteiger partial charge in [-0.05, 0) is 17.7 Å². The summed E-state index contributed by atoms with van der Waals surface area (Å²) >= 11 is 13.8. The Morgan fingerprint density at radius 1 is 1.23 bits per heavy atom. The fourth-order valence-electron chi connectivity index (χ4n) is 0.947. The summed E-state index contributed by atoms with van der Waals surface area (Å²) in [5.74, 6) is 1.91. The van der Waals surface area contributed by atoms with Gasteiger partial charge in [0.2, 0.25) is 0 Å². The van der Waals surface area contributed by atoms with Crippen molar-refractivity contribution in [1.82, 2.24) is 0 Å². The molecule has 0 amide bonds. The van der Waals surface area contributed by atoms with Crippen molar-refractivity contribution in [3.8, 4) is 0 Å². The van der Waals surface area contributed by atoms with Crippen LogP contribution in [0.1, 0.15) is 5.56 Å². The molecule has 1 aromatic rings. The first kappa shape index (κ1) is 11.2. The van der Waals surface area contributed by atoms with Crippen LogP contribution in [0.3, 0.4) is 0 Å². The first-order valence-electron chi connectivity index (χ1n) is 4.05. The summed E-state index contributed by atoms with van der Waals surface area (Å²) in [4.78, 5) is 0. The van der Waals surface area contributed by atoms with Gasteiger partial charge in [0.1, 0.15) is 0 Å². The summed E-state index contributed by atoms with van der Waals surface area (Å²) in [6.45, 7) is 0.937. The molecule has 0 saturated heterocycles. The third-order valence-electron chi connectivity index (χ3n) is 1.60. The van der Waals surface area contributed by atoms with E-state index >= 15 is 0 Å². The summed E-state index contributed by atoms with van der Waals surface area (Å²) < 4.78 is 0. The quantitative estimate of drug-likeness (QED) is 0.800. The van der Waals surface area contributed by atoms with E-state index in [2.05, 4.69) is 5.73 Å². The van der Waals surface area contributed by atoms with Crippen molar-refractivity contribution in [3.63, 3.8) is 0 Å². The Balaban J connectivity index is 2.64. The van der Waals surface area contributed by atoms with Gasteiger partial charge in [0.15, 0.2) is 0 Å². The van der Waals surface area contributed by atoms with Gasteiger partial charge in [-0.2, -0.15) is 11.8 Å². The minimum atomic E-state index is 0.754. The van der Waals surface area contributed by atoms with Crippen LogP contribution in [-0.2, 0) is 5.75 Å². The number of quaternary nitrogens is 1. The molecule has 3 N–H and O–H groups in total. The standard InChI is InChI=1S/C9H11Cl2NS/c10-8-2-1-3-9(11)7(8)6-13-5-4-12/h1-3H,4-6,12H2/p+1. The normalized spacial score (nSPS) is 10.4. The number of thioether (sulfide) groups is 1. The number of benzene rings is 1. The molecule has 1 nitrogen and oxygen atoms in total. The highest BCUT2D eigenvalue weighted by Crippen LogP contribution is 2.27. The molecule has 0 aliphatic carbocycles. The van der Waals surface area contributed by atoms with E-state index < -0.39 is 0 Å². The zero-order chi connectivity index (χ0) is 9.68. The number of rotatable bonds is 4. The topological polar surface area (TPSA) is 27.6 Å². The van der Waals surface area contributed by atoms with Crippen LogP contribution in [0.25, 0.3) is 0 Å². The van der Waals surface area contributed by atoms with E-state index in [0.717, 1.165) is 33.7 Å². The number of halogens is 2. The second kappa shape index (κ2) is 5.76. The van der Waals surface area contributed by atoms with Gasteiger partial charge in [0, 0.05) is 21.6 Å². The summed E-state index contributed by atoms with van der Waals surface area (Å²) in [5.41, 5.74) is 4.81. The van der Waals surface area contributed by atoms with Crippen molar-refractivity contribution in [1.29, 1.82) is 0 Å². The largest absolute Gasteiger partial charge is 0.357 e. The minimum absolute atomic E-state index is 0.754. The van der Waals surface area contributed by atoms with Crippen LogP contribution in [0.4, 0.5) is 0 Å². The molecule has 13 heavy (non-hydrogen) atoms. The Labute approximate surface area is 92.6 Å². The van der Waals surface area contributed by atoms with Gasteiger partial charge in [0.25, 0.3) is 0 Å². The lowest BCUT2D eigenvalue weighted by Gasteiger charge is -2.04. The first-order valence-corrected chi connectivity index (χ1v) is 5.96. The van der Waals surface area contributed by atoms with Crippen LogP contribution in [0.5, 0.6) is 0 Å². The van der Waals surface area contributed by atoms with E-state index in [9.17, 15) is 0 Å². The molecule has 0 atom stereocenters. The van der Waals surface area contributed by atoms with E-state index in [1.54, 1.807) is 11.8 Å². The molecular formula is C9H12Cl2NS+. The Morgan fingerprint density at radius 2 is 1.85 bits per heavy atom. The zero-order valence-corrected chi connectivity index (χ0v) is 9.55. The SMILES string of the molecule is [NH3+]CCSCc1c(Cl)cccc1Cl. The van der Waals surface area contributed by atoms with Gasteiger partial charge in [-0.3, -0.25) is 0 Å². The molecule has 1 rings (SSSR count). The molecular weight excluding hydrogens is 225 g/mol. The van der Waals surface area contributed by atoms with E-state index in [1.807, 2.05) is 18.2 Å². The van der Waals surface area contributed by atoms with E-state index in [0.29, 0.717) is 0 Å². The molecule has 72 valence electrons. The van der Waals surface area contributed by atoms with Gasteiger partial charge in [0.05, 0.1) is 6.54 Å². The molecule has 0 aliphatic rings. The number of hydrogen-bond acceptors (Lipinski definition) is 1. The minimum Gasteiger partial charge on any atom is -0.357 e. The van der Waals surface area contributed by atoms with E-state index in [4.69, 9.17) is 23.2 Å². The van der Waals surface area contributed by atoms with Crippen LogP contribution < -0.4 is 5.73 Å². The van der Waals surface area contributed by atoms with Crippen molar-refractivity contribution >= 4 is 35.0 Å². The van der Waals surface area contributed by atoms with E-state index in [-0.39, 0.29) is 0 Å². The van der Waals surface area contributed by atoms with Gasteiger partial charge >= 0.3 is 0 Å². The van der Waals surface area contributed by atoms with Crippen LogP contribution in [0.2, 0.25) is 10.0 Å². The molecule has 0 fully saturated rings. The molecule has 0 saturated carbocycles. The third-order valence-corrected chi connectivity index (χ3v) is 3.38. The highest BCUT2D eigenvalue weighted by Gasteiger charge is 2.04. The van der Waals surface area contributed by atoms with Gasteiger partial charge in [-0.25, -0.2) is 0 Å². The van der Waals surface area contributed by atoms with E-state index in [1.165, 1.54) is 0 Å². The molecule has 0 aliphatic heterocycles. The summed E-state index contributed by atoms with van der Waals surface area (Å²) in [6, 6.07) is 5.60. The van der Waals surface area contributed by atoms with Gasteiger partial charge in [-0.1, -0.05) is 29.3 Å². The Hall–Kier alpha value is 0.110. The summed E-state index contributed by atoms with van der Waals surface area (Å²) in [5, 5.41) is 1.51. The van der Waals surface area contributed by atoms with Crippen LogP contribution in [0, 0.1) is 0 Å². The monoisotopic (exact) mass is 236 g/mol. The lowest BCUT2D eigenvalue weighted by atomic mass is 10.2. The smallest absolute Gasteiger partial charge is 0.0831 e. The Bertz CT molecular complexity index is 258. The fraction of sp³-hybridized carbons (Fsp3) is 0.333. The molecule has 4 heteroatoms. The third kappa shape index (κ3) is 3.39. The summed E-state index contributed by atoms with van der Waals surface area (Å²) in [6.07, 6.45) is 0. The van der Waals surface area contributed by atoms with Crippen molar-refractivity contribution < 1.29 is 5.73 Å². The maximum atomic E-state index is 6.00. The molecule has 0 aromatic heterocycles. The molecule has 1 aromatic carbocycles. The van der Waals surface area contributed by atoms with Crippen molar-refractivity contribution in [2.75, 3.05) is 12.3 Å². The average molecular weight is 237 g/mol. The second-order valence-electron chi connectivity index (χ2n) is 2.61. The Kier molecular flexibility index (Phi) is 4.96.